The van der Waals surface area contributed by atoms with Gasteiger partial charge in [0.05, 0.1) is 5.69 Å². The van der Waals surface area contributed by atoms with Crippen LogP contribution in [0.2, 0.25) is 5.02 Å². The lowest BCUT2D eigenvalue weighted by molar-refractivity contribution is 0.171. The fraction of sp³-hybridized carbons (Fsp3) is 0.200. The first-order chi connectivity index (χ1) is 10.1. The summed E-state index contributed by atoms with van der Waals surface area (Å²) in [5.74, 6) is 1.08. The predicted octanol–water partition coefficient (Wildman–Crippen LogP) is 4.62. The topological polar surface area (TPSA) is 30.5 Å². The second kappa shape index (κ2) is 6.12. The number of rotatable bonds is 3. The minimum atomic E-state index is -0.343. The number of hydrogen-bond acceptors (Lipinski definition) is 3. The summed E-state index contributed by atoms with van der Waals surface area (Å²) in [5, 5.41) is 3.65. The van der Waals surface area contributed by atoms with Crippen LogP contribution in [0.15, 0.2) is 34.8 Å². The van der Waals surface area contributed by atoms with Gasteiger partial charge in [0.25, 0.3) is 0 Å². The van der Waals surface area contributed by atoms with Gasteiger partial charge >= 0.3 is 0 Å². The zero-order valence-electron chi connectivity index (χ0n) is 11.0. The van der Waals surface area contributed by atoms with Gasteiger partial charge in [-0.1, -0.05) is 17.7 Å². The van der Waals surface area contributed by atoms with E-state index in [1.807, 2.05) is 12.1 Å². The Morgan fingerprint density at radius 3 is 2.57 bits per heavy atom. The summed E-state index contributed by atoms with van der Waals surface area (Å²) in [5.41, 5.74) is 1.68. The van der Waals surface area contributed by atoms with Crippen LogP contribution in [0.4, 0.5) is 10.1 Å². The zero-order chi connectivity index (χ0) is 14.8. The van der Waals surface area contributed by atoms with Crippen molar-refractivity contribution in [1.82, 2.24) is 0 Å². The second-order valence-corrected chi connectivity index (χ2v) is 5.83. The average Bonchev–Trinajstić information content (AvgIpc) is 2.46. The molecule has 0 saturated carbocycles. The van der Waals surface area contributed by atoms with Gasteiger partial charge in [-0.05, 0) is 33.6 Å². The van der Waals surface area contributed by atoms with E-state index in [-0.39, 0.29) is 5.82 Å². The first-order valence-corrected chi connectivity index (χ1v) is 7.57. The Hall–Kier alpha value is -1.46. The number of halogens is 3. The van der Waals surface area contributed by atoms with Gasteiger partial charge in [-0.25, -0.2) is 4.39 Å². The number of nitrogens with one attached hydrogen (secondary N) is 1. The molecule has 1 N–H and O–H groups in total. The molecule has 0 amide bonds. The molecule has 21 heavy (non-hydrogen) atoms. The Balaban J connectivity index is 1.78. The lowest BCUT2D eigenvalue weighted by Crippen LogP contribution is -2.15. The van der Waals surface area contributed by atoms with E-state index < -0.39 is 0 Å². The number of hydrogen-bond donors (Lipinski definition) is 1. The van der Waals surface area contributed by atoms with E-state index in [0.717, 1.165) is 21.5 Å². The highest BCUT2D eigenvalue weighted by Crippen LogP contribution is 2.38. The second-order valence-electron chi connectivity index (χ2n) is 4.56. The van der Waals surface area contributed by atoms with Gasteiger partial charge in [-0.3, -0.25) is 0 Å². The van der Waals surface area contributed by atoms with Gasteiger partial charge in [0, 0.05) is 28.2 Å². The standard InChI is InChI=1S/C15H12BrClFNO2/c16-11-6-14-15(21-4-3-20-14)7-13(11)19-8-9-1-2-10(18)5-12(9)17/h1-2,5-7,19H,3-4,8H2. The lowest BCUT2D eigenvalue weighted by Gasteiger charge is -2.20. The van der Waals surface area contributed by atoms with Crippen molar-refractivity contribution in [2.75, 3.05) is 18.5 Å². The van der Waals surface area contributed by atoms with Crippen LogP contribution in [0.5, 0.6) is 11.5 Å². The van der Waals surface area contributed by atoms with Crippen LogP contribution in [0.3, 0.4) is 0 Å². The number of benzene rings is 2. The van der Waals surface area contributed by atoms with Gasteiger partial charge in [-0.15, -0.1) is 0 Å². The van der Waals surface area contributed by atoms with E-state index in [0.29, 0.717) is 30.5 Å². The van der Waals surface area contributed by atoms with Gasteiger partial charge in [0.15, 0.2) is 11.5 Å². The first kappa shape index (κ1) is 14.5. The summed E-state index contributed by atoms with van der Waals surface area (Å²) in [6, 6.07) is 8.09. The average molecular weight is 373 g/mol. The van der Waals surface area contributed by atoms with E-state index in [9.17, 15) is 4.39 Å². The number of fused-ring (bicyclic) bond motifs is 1. The molecule has 2 aromatic rings. The van der Waals surface area contributed by atoms with Crippen molar-refractivity contribution in [3.63, 3.8) is 0 Å². The van der Waals surface area contributed by atoms with E-state index in [1.54, 1.807) is 6.07 Å². The fourth-order valence-electron chi connectivity index (χ4n) is 2.05. The van der Waals surface area contributed by atoms with Crippen molar-refractivity contribution in [2.24, 2.45) is 0 Å². The summed E-state index contributed by atoms with van der Waals surface area (Å²) in [6.07, 6.45) is 0. The van der Waals surface area contributed by atoms with Crippen molar-refractivity contribution in [3.8, 4) is 11.5 Å². The zero-order valence-corrected chi connectivity index (χ0v) is 13.3. The van der Waals surface area contributed by atoms with E-state index >= 15 is 0 Å². The summed E-state index contributed by atoms with van der Waals surface area (Å²) < 4.78 is 24.9. The largest absolute Gasteiger partial charge is 0.486 e. The molecule has 1 aliphatic rings. The predicted molar refractivity (Wildman–Crippen MR) is 83.9 cm³/mol. The highest BCUT2D eigenvalue weighted by Gasteiger charge is 2.15. The van der Waals surface area contributed by atoms with Crippen molar-refractivity contribution in [1.29, 1.82) is 0 Å². The molecule has 0 unspecified atom stereocenters. The molecule has 3 nitrogen and oxygen atoms in total. The lowest BCUT2D eigenvalue weighted by atomic mass is 10.2. The smallest absolute Gasteiger partial charge is 0.163 e. The number of anilines is 1. The Kier molecular flexibility index (Phi) is 4.22. The Bertz CT molecular complexity index is 681. The van der Waals surface area contributed by atoms with E-state index in [1.165, 1.54) is 12.1 Å². The van der Waals surface area contributed by atoms with Crippen molar-refractivity contribution in [2.45, 2.75) is 6.54 Å². The van der Waals surface area contributed by atoms with Gasteiger partial charge in [-0.2, -0.15) is 0 Å². The third kappa shape index (κ3) is 3.24. The molecular weight excluding hydrogens is 361 g/mol. The van der Waals surface area contributed by atoms with E-state index in [2.05, 4.69) is 21.2 Å². The maximum Gasteiger partial charge on any atom is 0.163 e. The normalized spacial score (nSPS) is 13.1. The van der Waals surface area contributed by atoms with Gasteiger partial charge in [0.1, 0.15) is 19.0 Å². The molecule has 0 spiro atoms. The molecule has 0 aromatic heterocycles. The summed E-state index contributed by atoms with van der Waals surface area (Å²) >= 11 is 9.50. The maximum absolute atomic E-state index is 13.0. The maximum atomic E-state index is 13.0. The van der Waals surface area contributed by atoms with Crippen LogP contribution < -0.4 is 14.8 Å². The van der Waals surface area contributed by atoms with Crippen LogP contribution in [0.1, 0.15) is 5.56 Å². The molecule has 3 rings (SSSR count). The van der Waals surface area contributed by atoms with Crippen LogP contribution >= 0.6 is 27.5 Å². The van der Waals surface area contributed by atoms with E-state index in [4.69, 9.17) is 21.1 Å². The van der Waals surface area contributed by atoms with Crippen LogP contribution in [-0.4, -0.2) is 13.2 Å². The van der Waals surface area contributed by atoms with Gasteiger partial charge in [0.2, 0.25) is 0 Å². The van der Waals surface area contributed by atoms with Crippen LogP contribution in [0, 0.1) is 5.82 Å². The fourth-order valence-corrected chi connectivity index (χ4v) is 2.75. The Morgan fingerprint density at radius 1 is 1.14 bits per heavy atom. The third-order valence-corrected chi connectivity index (χ3v) is 4.12. The minimum Gasteiger partial charge on any atom is -0.486 e. The molecule has 1 heterocycles. The molecule has 0 bridgehead atoms. The molecule has 0 aliphatic carbocycles. The third-order valence-electron chi connectivity index (χ3n) is 3.12. The quantitative estimate of drug-likeness (QED) is 0.852. The summed E-state index contributed by atoms with van der Waals surface area (Å²) in [6.45, 7) is 1.58. The molecule has 0 radical (unpaired) electrons. The van der Waals surface area contributed by atoms with Crippen LogP contribution in [0.25, 0.3) is 0 Å². The van der Waals surface area contributed by atoms with Crippen LogP contribution in [-0.2, 0) is 6.54 Å². The monoisotopic (exact) mass is 371 g/mol. The molecule has 1 aliphatic heterocycles. The molecular formula is C15H12BrClFNO2. The van der Waals surface area contributed by atoms with Crippen molar-refractivity contribution < 1.29 is 13.9 Å². The molecule has 0 fully saturated rings. The highest BCUT2D eigenvalue weighted by molar-refractivity contribution is 9.10. The minimum absolute atomic E-state index is 0.343. The Labute approximate surface area is 135 Å². The van der Waals surface area contributed by atoms with Crippen molar-refractivity contribution in [3.05, 3.63) is 51.2 Å². The molecule has 2 aromatic carbocycles. The van der Waals surface area contributed by atoms with Crippen molar-refractivity contribution >= 4 is 33.2 Å². The molecule has 6 heteroatoms. The molecule has 0 saturated heterocycles. The molecule has 110 valence electrons. The highest BCUT2D eigenvalue weighted by atomic mass is 79.9. The number of ether oxygens (including phenoxy) is 2. The Morgan fingerprint density at radius 2 is 1.86 bits per heavy atom. The first-order valence-electron chi connectivity index (χ1n) is 6.40. The summed E-state index contributed by atoms with van der Waals surface area (Å²) in [4.78, 5) is 0. The SMILES string of the molecule is Fc1ccc(CNc2cc3c(cc2Br)OCCO3)c(Cl)c1. The van der Waals surface area contributed by atoms with Gasteiger partial charge < -0.3 is 14.8 Å². The molecule has 0 atom stereocenters. The summed E-state index contributed by atoms with van der Waals surface area (Å²) in [7, 11) is 0.